The van der Waals surface area contributed by atoms with Crippen LogP contribution in [0.25, 0.3) is 0 Å². The Balaban J connectivity index is 0.00000196. The number of aliphatic hydroxyl groups excluding tert-OH is 2. The van der Waals surface area contributed by atoms with Crippen LogP contribution in [-0.2, 0) is 4.57 Å². The number of rotatable bonds is 4. The maximum absolute atomic E-state index is 11.6. The normalized spacial score (nSPS) is 16.2. The molecule has 0 spiro atoms. The number of hydrogen-bond acceptors (Lipinski definition) is 4. The van der Waals surface area contributed by atoms with Crippen LogP contribution in [0.4, 0.5) is 0 Å². The van der Waals surface area contributed by atoms with Crippen molar-refractivity contribution in [3.8, 4) is 0 Å². The fraction of sp³-hybridized carbons (Fsp3) is 0.333. The van der Waals surface area contributed by atoms with Gasteiger partial charge in [0.2, 0.25) is 0 Å². The third kappa shape index (κ3) is 4.79. The third-order valence-corrected chi connectivity index (χ3v) is 3.80. The van der Waals surface area contributed by atoms with Crippen molar-refractivity contribution in [1.82, 2.24) is 0 Å². The van der Waals surface area contributed by atoms with Crippen LogP contribution >= 0.6 is 7.37 Å². The van der Waals surface area contributed by atoms with Crippen molar-refractivity contribution < 1.29 is 49.2 Å². The van der Waals surface area contributed by atoms with E-state index in [2.05, 4.69) is 0 Å². The predicted octanol–water partition coefficient (Wildman–Crippen LogP) is -3.69. The second kappa shape index (κ2) is 6.81. The van der Waals surface area contributed by atoms with Gasteiger partial charge in [0.05, 0.1) is 12.7 Å². The van der Waals surface area contributed by atoms with E-state index in [1.807, 2.05) is 0 Å². The van der Waals surface area contributed by atoms with Crippen molar-refractivity contribution in [3.63, 3.8) is 0 Å². The molecule has 0 aliphatic rings. The van der Waals surface area contributed by atoms with Crippen LogP contribution in [0.15, 0.2) is 30.3 Å². The van der Waals surface area contributed by atoms with Gasteiger partial charge in [-0.15, -0.1) is 0 Å². The Morgan fingerprint density at radius 1 is 1.33 bits per heavy atom. The first-order valence-electron chi connectivity index (χ1n) is 4.21. The van der Waals surface area contributed by atoms with Gasteiger partial charge in [0, 0.05) is 13.5 Å². The molecule has 0 saturated heterocycles. The van der Waals surface area contributed by atoms with Crippen molar-refractivity contribution in [2.24, 2.45) is 0 Å². The summed E-state index contributed by atoms with van der Waals surface area (Å²) in [6.45, 7) is -0.543. The van der Waals surface area contributed by atoms with Gasteiger partial charge in [-0.25, -0.2) is 0 Å². The molecule has 2 unspecified atom stereocenters. The van der Waals surface area contributed by atoms with Gasteiger partial charge in [0.1, 0.15) is 0 Å². The summed E-state index contributed by atoms with van der Waals surface area (Å²) < 4.78 is 11.6. The molecule has 2 N–H and O–H groups in total. The van der Waals surface area contributed by atoms with Crippen LogP contribution in [0.2, 0.25) is 0 Å². The standard InChI is InChI=1S/C9H13O4P.Na/c10-6-8(11)7-14(12,13)9-4-2-1-3-5-9;/h1-5,8,10-11H,6-7H2,(H,12,13);/q;+1/p-1. The molecule has 1 aromatic carbocycles. The number of aliphatic hydroxyl groups is 2. The number of benzene rings is 1. The van der Waals surface area contributed by atoms with Gasteiger partial charge in [-0.3, -0.25) is 0 Å². The quantitative estimate of drug-likeness (QED) is 0.418. The molecule has 0 aliphatic carbocycles. The molecule has 6 heteroatoms. The van der Waals surface area contributed by atoms with E-state index in [1.165, 1.54) is 12.1 Å². The Morgan fingerprint density at radius 2 is 1.87 bits per heavy atom. The van der Waals surface area contributed by atoms with Gasteiger partial charge in [0.15, 0.2) is 0 Å². The monoisotopic (exact) mass is 238 g/mol. The van der Waals surface area contributed by atoms with Gasteiger partial charge in [-0.2, -0.15) is 0 Å². The van der Waals surface area contributed by atoms with Crippen molar-refractivity contribution in [2.75, 3.05) is 12.8 Å². The van der Waals surface area contributed by atoms with Crippen molar-refractivity contribution in [3.05, 3.63) is 30.3 Å². The van der Waals surface area contributed by atoms with E-state index in [1.54, 1.807) is 18.2 Å². The van der Waals surface area contributed by atoms with Crippen LogP contribution in [0.5, 0.6) is 0 Å². The smallest absolute Gasteiger partial charge is 0.796 e. The van der Waals surface area contributed by atoms with Crippen LogP contribution in [0.1, 0.15) is 0 Å². The molecule has 78 valence electrons. The Hall–Kier alpha value is 0.330. The van der Waals surface area contributed by atoms with E-state index >= 15 is 0 Å². The molecule has 0 fully saturated rings. The minimum absolute atomic E-state index is 0. The third-order valence-electron chi connectivity index (χ3n) is 1.81. The Kier molecular flexibility index (Phi) is 6.96. The molecule has 0 bridgehead atoms. The molecule has 0 amide bonds. The zero-order valence-electron chi connectivity index (χ0n) is 8.54. The maximum atomic E-state index is 11.6. The first kappa shape index (κ1) is 15.3. The second-order valence-corrected chi connectivity index (χ2v) is 5.26. The molecule has 2 atom stereocenters. The van der Waals surface area contributed by atoms with Gasteiger partial charge in [-0.1, -0.05) is 30.3 Å². The molecular weight excluding hydrogens is 226 g/mol. The van der Waals surface area contributed by atoms with E-state index in [9.17, 15) is 9.46 Å². The Bertz CT molecular complexity index is 330. The minimum Gasteiger partial charge on any atom is -0.796 e. The Labute approximate surface area is 111 Å². The summed E-state index contributed by atoms with van der Waals surface area (Å²) in [7, 11) is -3.78. The van der Waals surface area contributed by atoms with Crippen LogP contribution in [0.3, 0.4) is 0 Å². The zero-order valence-corrected chi connectivity index (χ0v) is 11.4. The summed E-state index contributed by atoms with van der Waals surface area (Å²) in [6, 6.07) is 7.89. The maximum Gasteiger partial charge on any atom is 1.00 e. The Morgan fingerprint density at radius 3 is 2.33 bits per heavy atom. The molecule has 1 aromatic rings. The fourth-order valence-corrected chi connectivity index (χ4v) is 2.60. The average molecular weight is 238 g/mol. The summed E-state index contributed by atoms with van der Waals surface area (Å²) in [5, 5.41) is 17.8. The largest absolute Gasteiger partial charge is 1.00 e. The van der Waals surface area contributed by atoms with E-state index in [0.717, 1.165) is 0 Å². The predicted molar refractivity (Wildman–Crippen MR) is 51.6 cm³/mol. The first-order chi connectivity index (χ1) is 6.56. The number of hydrogen-bond donors (Lipinski definition) is 2. The summed E-state index contributed by atoms with van der Waals surface area (Å²) in [6.07, 6.45) is -1.63. The molecule has 0 heterocycles. The molecule has 0 aromatic heterocycles. The molecule has 0 aliphatic heterocycles. The molecule has 1 rings (SSSR count). The zero-order chi connectivity index (χ0) is 10.6. The molecule has 15 heavy (non-hydrogen) atoms. The van der Waals surface area contributed by atoms with Gasteiger partial charge >= 0.3 is 29.6 Å². The summed E-state index contributed by atoms with van der Waals surface area (Å²) >= 11 is 0. The van der Waals surface area contributed by atoms with Gasteiger partial charge in [0.25, 0.3) is 0 Å². The minimum atomic E-state index is -3.78. The van der Waals surface area contributed by atoms with Gasteiger partial charge in [-0.05, 0) is 5.30 Å². The van der Waals surface area contributed by atoms with Crippen molar-refractivity contribution in [2.45, 2.75) is 6.10 Å². The van der Waals surface area contributed by atoms with E-state index in [0.29, 0.717) is 0 Å². The summed E-state index contributed by atoms with van der Waals surface area (Å²) in [5.74, 6) is 0. The summed E-state index contributed by atoms with van der Waals surface area (Å²) in [5.41, 5.74) is 0. The molecular formula is C9H12NaO4P. The van der Waals surface area contributed by atoms with Crippen LogP contribution in [0, 0.1) is 0 Å². The average Bonchev–Trinajstić information content (AvgIpc) is 2.18. The summed E-state index contributed by atoms with van der Waals surface area (Å²) in [4.78, 5) is 11.6. The first-order valence-corrected chi connectivity index (χ1v) is 6.02. The fourth-order valence-electron chi connectivity index (χ4n) is 1.10. The van der Waals surface area contributed by atoms with Crippen molar-refractivity contribution in [1.29, 1.82) is 0 Å². The van der Waals surface area contributed by atoms with Crippen molar-refractivity contribution >= 4 is 12.7 Å². The van der Waals surface area contributed by atoms with Crippen LogP contribution < -0.4 is 39.8 Å². The van der Waals surface area contributed by atoms with E-state index in [4.69, 9.17) is 10.2 Å². The van der Waals surface area contributed by atoms with Crippen LogP contribution in [-0.4, -0.2) is 29.1 Å². The van der Waals surface area contributed by atoms with E-state index < -0.39 is 26.2 Å². The van der Waals surface area contributed by atoms with Gasteiger partial charge < -0.3 is 19.7 Å². The topological polar surface area (TPSA) is 80.6 Å². The second-order valence-electron chi connectivity index (χ2n) is 3.03. The van der Waals surface area contributed by atoms with E-state index in [-0.39, 0.29) is 34.9 Å². The SMILES string of the molecule is O=P([O-])(CC(O)CO)c1ccccc1.[Na+]. The molecule has 4 nitrogen and oxygen atoms in total. The molecule has 0 radical (unpaired) electrons. The molecule has 0 saturated carbocycles.